The van der Waals surface area contributed by atoms with Crippen LogP contribution in [0.25, 0.3) is 10.9 Å². The van der Waals surface area contributed by atoms with E-state index in [0.29, 0.717) is 48.4 Å². The van der Waals surface area contributed by atoms with Crippen molar-refractivity contribution in [3.05, 3.63) is 34.9 Å². The lowest BCUT2D eigenvalue weighted by molar-refractivity contribution is -0.122. The molecule has 4 heterocycles. The van der Waals surface area contributed by atoms with Gasteiger partial charge in [-0.25, -0.2) is 13.4 Å². The number of hydrogen-bond donors (Lipinski definition) is 0. The number of nitrogens with zero attached hydrogens (tertiary/aromatic N) is 4. The van der Waals surface area contributed by atoms with Gasteiger partial charge in [-0.2, -0.15) is 9.49 Å². The Balaban J connectivity index is 1.50. The van der Waals surface area contributed by atoms with Crippen LogP contribution in [0.15, 0.2) is 29.7 Å². The molecule has 32 heavy (non-hydrogen) atoms. The monoisotopic (exact) mass is 478 g/mol. The minimum Gasteiger partial charge on any atom is -0.381 e. The fourth-order valence-corrected chi connectivity index (χ4v) is 6.64. The average Bonchev–Trinajstić information content (AvgIpc) is 3.44. The van der Waals surface area contributed by atoms with Gasteiger partial charge in [0, 0.05) is 31.0 Å². The Morgan fingerprint density at radius 2 is 2.00 bits per heavy atom. The standard InChI is InChI=1S/C21H23FN4O4S2/c22-20-11-24-21(31-20)8-18(27)17(7-13-3-5-30-6-4-13)26-12-15-16(25-26)9-23-10-19(15)32(28,29)14-1-2-14/h9-14,17H,1-8H2. The molecule has 1 aliphatic carbocycles. The number of ether oxygens (including phenoxy) is 1. The highest BCUT2D eigenvalue weighted by atomic mass is 32.2. The predicted molar refractivity (Wildman–Crippen MR) is 116 cm³/mol. The van der Waals surface area contributed by atoms with Crippen LogP contribution in [0.5, 0.6) is 0 Å². The second kappa shape index (κ2) is 8.60. The number of carbonyl (C=O) groups excluding carboxylic acids is 1. The molecule has 1 saturated carbocycles. The maximum Gasteiger partial charge on any atom is 0.196 e. The van der Waals surface area contributed by atoms with Gasteiger partial charge in [0.05, 0.1) is 29.0 Å². The molecule has 11 heteroatoms. The second-order valence-corrected chi connectivity index (χ2v) is 11.7. The highest BCUT2D eigenvalue weighted by Gasteiger charge is 2.38. The Morgan fingerprint density at radius 1 is 1.22 bits per heavy atom. The summed E-state index contributed by atoms with van der Waals surface area (Å²) >= 11 is 0.858. The normalized spacial score (nSPS) is 18.8. The van der Waals surface area contributed by atoms with E-state index < -0.39 is 21.0 Å². The number of halogens is 1. The molecular formula is C21H23FN4O4S2. The SMILES string of the molecule is O=C(Cc1ncc(F)s1)C(CC1CCOCC1)n1cc2c(S(=O)(=O)C3CC3)cncc2n1. The minimum atomic E-state index is -3.47. The molecule has 0 bridgehead atoms. The van der Waals surface area contributed by atoms with Crippen LogP contribution in [0, 0.1) is 11.0 Å². The minimum absolute atomic E-state index is 0.00413. The number of rotatable bonds is 8. The van der Waals surface area contributed by atoms with Crippen LogP contribution in [0.1, 0.15) is 43.2 Å². The van der Waals surface area contributed by atoms with E-state index in [9.17, 15) is 17.6 Å². The van der Waals surface area contributed by atoms with Crippen molar-refractivity contribution in [2.75, 3.05) is 13.2 Å². The molecule has 0 N–H and O–H groups in total. The third-order valence-electron chi connectivity index (χ3n) is 6.12. The lowest BCUT2D eigenvalue weighted by Crippen LogP contribution is -2.27. The number of hydrogen-bond acceptors (Lipinski definition) is 8. The zero-order chi connectivity index (χ0) is 22.3. The number of Topliss-reactive ketones (excluding diaryl/α,β-unsaturated/α-hetero) is 1. The van der Waals surface area contributed by atoms with Crippen molar-refractivity contribution in [1.82, 2.24) is 19.7 Å². The fourth-order valence-electron chi connectivity index (χ4n) is 4.20. The van der Waals surface area contributed by atoms with Crippen LogP contribution in [-0.2, 0) is 25.8 Å². The molecule has 0 spiro atoms. The first-order valence-corrected chi connectivity index (χ1v) is 13.1. The molecule has 0 aromatic carbocycles. The topological polar surface area (TPSA) is 104 Å². The van der Waals surface area contributed by atoms with Gasteiger partial charge in [-0.15, -0.1) is 0 Å². The molecule has 1 unspecified atom stereocenters. The molecule has 8 nitrogen and oxygen atoms in total. The number of thiazole rings is 1. The molecule has 170 valence electrons. The van der Waals surface area contributed by atoms with Crippen molar-refractivity contribution in [2.45, 2.75) is 54.7 Å². The van der Waals surface area contributed by atoms with E-state index in [1.165, 1.54) is 12.4 Å². The first kappa shape index (κ1) is 21.6. The number of pyridine rings is 1. The van der Waals surface area contributed by atoms with Gasteiger partial charge in [0.2, 0.25) is 0 Å². The summed E-state index contributed by atoms with van der Waals surface area (Å²) in [4.78, 5) is 21.5. The Hall–Kier alpha value is -2.24. The van der Waals surface area contributed by atoms with Crippen molar-refractivity contribution in [2.24, 2.45) is 5.92 Å². The Labute approximate surface area is 188 Å². The summed E-state index contributed by atoms with van der Waals surface area (Å²) in [5.41, 5.74) is 0.441. The van der Waals surface area contributed by atoms with Gasteiger partial charge in [0.25, 0.3) is 0 Å². The lowest BCUT2D eigenvalue weighted by atomic mass is 9.90. The zero-order valence-electron chi connectivity index (χ0n) is 17.3. The average molecular weight is 479 g/mol. The Bertz CT molecular complexity index is 1250. The van der Waals surface area contributed by atoms with Crippen LogP contribution < -0.4 is 0 Å². The van der Waals surface area contributed by atoms with Gasteiger partial charge in [-0.3, -0.25) is 14.5 Å². The Kier molecular flexibility index (Phi) is 5.81. The second-order valence-electron chi connectivity index (χ2n) is 8.43. The van der Waals surface area contributed by atoms with Crippen molar-refractivity contribution in [3.8, 4) is 0 Å². The van der Waals surface area contributed by atoms with Gasteiger partial charge in [-0.1, -0.05) is 11.3 Å². The largest absolute Gasteiger partial charge is 0.381 e. The van der Waals surface area contributed by atoms with Crippen LogP contribution in [0.4, 0.5) is 4.39 Å². The van der Waals surface area contributed by atoms with Gasteiger partial charge >= 0.3 is 0 Å². The first-order valence-electron chi connectivity index (χ1n) is 10.7. The van der Waals surface area contributed by atoms with E-state index in [1.807, 2.05) is 0 Å². The fraction of sp³-hybridized carbons (Fsp3) is 0.524. The summed E-state index contributed by atoms with van der Waals surface area (Å²) in [5.74, 6) is 0.157. The van der Waals surface area contributed by atoms with E-state index in [1.54, 1.807) is 10.9 Å². The summed E-state index contributed by atoms with van der Waals surface area (Å²) in [7, 11) is -3.47. The van der Waals surface area contributed by atoms with E-state index in [-0.39, 0.29) is 28.3 Å². The third kappa shape index (κ3) is 4.33. The zero-order valence-corrected chi connectivity index (χ0v) is 18.9. The van der Waals surface area contributed by atoms with Gasteiger partial charge < -0.3 is 4.74 Å². The maximum atomic E-state index is 13.4. The maximum absolute atomic E-state index is 13.4. The summed E-state index contributed by atoms with van der Waals surface area (Å²) in [5, 5.41) is 4.65. The molecule has 3 aromatic rings. The third-order valence-corrected chi connectivity index (χ3v) is 9.20. The van der Waals surface area contributed by atoms with Crippen molar-refractivity contribution >= 4 is 37.9 Å². The van der Waals surface area contributed by atoms with Crippen molar-refractivity contribution in [3.63, 3.8) is 0 Å². The molecule has 2 aliphatic rings. The smallest absolute Gasteiger partial charge is 0.196 e. The van der Waals surface area contributed by atoms with Gasteiger partial charge in [-0.05, 0) is 38.0 Å². The molecule has 0 amide bonds. The van der Waals surface area contributed by atoms with Crippen LogP contribution in [0.2, 0.25) is 0 Å². The number of aromatic nitrogens is 4. The molecule has 1 aliphatic heterocycles. The number of sulfone groups is 1. The van der Waals surface area contributed by atoms with Crippen LogP contribution in [0.3, 0.4) is 0 Å². The highest BCUT2D eigenvalue weighted by molar-refractivity contribution is 7.92. The number of fused-ring (bicyclic) bond motifs is 1. The lowest BCUT2D eigenvalue weighted by Gasteiger charge is -2.26. The molecule has 5 rings (SSSR count). The Morgan fingerprint density at radius 3 is 2.69 bits per heavy atom. The van der Waals surface area contributed by atoms with E-state index in [0.717, 1.165) is 30.4 Å². The molecule has 2 fully saturated rings. The van der Waals surface area contributed by atoms with Crippen molar-refractivity contribution < 1.29 is 22.3 Å². The van der Waals surface area contributed by atoms with Crippen molar-refractivity contribution in [1.29, 1.82) is 0 Å². The molecule has 1 atom stereocenters. The quantitative estimate of drug-likeness (QED) is 0.490. The molecule has 1 saturated heterocycles. The van der Waals surface area contributed by atoms with E-state index in [4.69, 9.17) is 4.74 Å². The summed E-state index contributed by atoms with van der Waals surface area (Å²) < 4.78 is 46.2. The van der Waals surface area contributed by atoms with E-state index in [2.05, 4.69) is 15.1 Å². The van der Waals surface area contributed by atoms with Crippen LogP contribution >= 0.6 is 11.3 Å². The van der Waals surface area contributed by atoms with E-state index >= 15 is 0 Å². The molecular weight excluding hydrogens is 455 g/mol. The number of ketones is 1. The first-order chi connectivity index (χ1) is 15.4. The summed E-state index contributed by atoms with van der Waals surface area (Å²) in [6, 6.07) is -0.603. The number of carbonyl (C=O) groups is 1. The predicted octanol–water partition coefficient (Wildman–Crippen LogP) is 3.13. The van der Waals surface area contributed by atoms with Crippen LogP contribution in [-0.4, -0.2) is 52.4 Å². The van der Waals surface area contributed by atoms with Gasteiger partial charge in [0.15, 0.2) is 20.8 Å². The molecule has 0 radical (unpaired) electrons. The molecule has 3 aromatic heterocycles. The summed E-state index contributed by atoms with van der Waals surface area (Å²) in [6.07, 6.45) is 9.22. The van der Waals surface area contributed by atoms with Gasteiger partial charge in [0.1, 0.15) is 16.6 Å². The summed E-state index contributed by atoms with van der Waals surface area (Å²) in [6.45, 7) is 1.30. The highest BCUT2D eigenvalue weighted by Crippen LogP contribution is 2.36.